The normalized spacial score (nSPS) is 21.2. The number of nitrogens with zero attached hydrogens (tertiary/aromatic N) is 1. The average molecular weight is 185 g/mol. The van der Waals surface area contributed by atoms with E-state index in [2.05, 4.69) is 0 Å². The fraction of sp³-hybridized carbons (Fsp3) is 0.900. The average Bonchev–Trinajstić information content (AvgIpc) is 1.95. The van der Waals surface area contributed by atoms with Crippen LogP contribution in [0.1, 0.15) is 34.1 Å². The van der Waals surface area contributed by atoms with Crippen LogP contribution in [0.15, 0.2) is 0 Å². The summed E-state index contributed by atoms with van der Waals surface area (Å²) in [6.07, 6.45) is 0.723. The van der Waals surface area contributed by atoms with Gasteiger partial charge in [-0.15, -0.1) is 0 Å². The number of carbonyl (C=O) groups is 1. The number of hydrogen-bond acceptors (Lipinski definition) is 2. The number of likely N-dealkylation sites (tertiary alicyclic amines) is 1. The van der Waals surface area contributed by atoms with Gasteiger partial charge in [0.05, 0.1) is 18.7 Å². The van der Waals surface area contributed by atoms with E-state index in [0.717, 1.165) is 6.42 Å². The second-order valence-corrected chi connectivity index (χ2v) is 4.99. The maximum absolute atomic E-state index is 11.7. The van der Waals surface area contributed by atoms with E-state index in [1.165, 1.54) is 0 Å². The molecule has 0 atom stereocenters. The molecule has 1 saturated heterocycles. The lowest BCUT2D eigenvalue weighted by molar-refractivity contribution is -0.163. The summed E-state index contributed by atoms with van der Waals surface area (Å²) in [7, 11) is 0. The molecule has 13 heavy (non-hydrogen) atoms. The molecule has 0 saturated carbocycles. The van der Waals surface area contributed by atoms with E-state index in [4.69, 9.17) is 0 Å². The van der Waals surface area contributed by atoms with Gasteiger partial charge in [-0.1, -0.05) is 27.7 Å². The second kappa shape index (κ2) is 2.98. The molecule has 1 aliphatic rings. The molecule has 0 aromatic carbocycles. The highest BCUT2D eigenvalue weighted by molar-refractivity contribution is 5.82. The van der Waals surface area contributed by atoms with Crippen LogP contribution in [0.5, 0.6) is 0 Å². The first-order valence-corrected chi connectivity index (χ1v) is 4.80. The van der Waals surface area contributed by atoms with Gasteiger partial charge in [0.15, 0.2) is 0 Å². The van der Waals surface area contributed by atoms with Crippen molar-refractivity contribution in [1.29, 1.82) is 0 Å². The minimum absolute atomic E-state index is 0.130. The predicted octanol–water partition coefficient (Wildman–Crippen LogP) is 1.02. The Morgan fingerprint density at radius 3 is 2.23 bits per heavy atom. The lowest BCUT2D eigenvalue weighted by atomic mass is 9.86. The molecule has 1 aliphatic heterocycles. The van der Waals surface area contributed by atoms with Crippen molar-refractivity contribution in [1.82, 2.24) is 4.90 Å². The van der Waals surface area contributed by atoms with Crippen LogP contribution in [0.2, 0.25) is 0 Å². The molecule has 76 valence electrons. The standard InChI is InChI=1S/C10H19NO2/c1-5-10(13)6-11(7-10)8(12)9(2,3)4/h13H,5-7H2,1-4H3. The van der Waals surface area contributed by atoms with Crippen molar-refractivity contribution in [2.24, 2.45) is 5.41 Å². The molecule has 0 aliphatic carbocycles. The monoisotopic (exact) mass is 185 g/mol. The summed E-state index contributed by atoms with van der Waals surface area (Å²) in [5.41, 5.74) is -0.935. The van der Waals surface area contributed by atoms with Crippen molar-refractivity contribution in [3.63, 3.8) is 0 Å². The summed E-state index contributed by atoms with van der Waals surface area (Å²) in [5, 5.41) is 9.71. The van der Waals surface area contributed by atoms with E-state index in [9.17, 15) is 9.90 Å². The van der Waals surface area contributed by atoms with E-state index < -0.39 is 5.60 Å². The molecule has 0 aromatic heterocycles. The number of aliphatic hydroxyl groups is 1. The van der Waals surface area contributed by atoms with Crippen molar-refractivity contribution < 1.29 is 9.90 Å². The van der Waals surface area contributed by atoms with Crippen LogP contribution in [-0.4, -0.2) is 34.6 Å². The van der Waals surface area contributed by atoms with E-state index in [0.29, 0.717) is 13.1 Å². The van der Waals surface area contributed by atoms with Gasteiger partial charge in [-0.05, 0) is 6.42 Å². The Kier molecular flexibility index (Phi) is 2.41. The number of amides is 1. The van der Waals surface area contributed by atoms with Gasteiger partial charge < -0.3 is 10.0 Å². The molecular formula is C10H19NO2. The van der Waals surface area contributed by atoms with E-state index in [1.807, 2.05) is 27.7 Å². The lowest BCUT2D eigenvalue weighted by Crippen LogP contribution is -2.64. The molecule has 3 heteroatoms. The first-order valence-electron chi connectivity index (χ1n) is 4.80. The predicted molar refractivity (Wildman–Crippen MR) is 51.3 cm³/mol. The van der Waals surface area contributed by atoms with Gasteiger partial charge in [0.25, 0.3) is 0 Å². The van der Waals surface area contributed by atoms with Crippen molar-refractivity contribution in [3.8, 4) is 0 Å². The van der Waals surface area contributed by atoms with Gasteiger partial charge >= 0.3 is 0 Å². The lowest BCUT2D eigenvalue weighted by Gasteiger charge is -2.48. The summed E-state index contributed by atoms with van der Waals surface area (Å²) in [6.45, 7) is 8.65. The molecule has 0 aromatic rings. The second-order valence-electron chi connectivity index (χ2n) is 4.99. The minimum Gasteiger partial charge on any atom is -0.386 e. The number of rotatable bonds is 1. The SMILES string of the molecule is CCC1(O)CN(C(=O)C(C)(C)C)C1. The van der Waals surface area contributed by atoms with Crippen molar-refractivity contribution in [2.75, 3.05) is 13.1 Å². The Labute approximate surface area is 79.7 Å². The highest BCUT2D eigenvalue weighted by Gasteiger charge is 2.44. The molecule has 1 heterocycles. The van der Waals surface area contributed by atoms with Gasteiger partial charge in [-0.2, -0.15) is 0 Å². The van der Waals surface area contributed by atoms with Gasteiger partial charge in [-0.25, -0.2) is 0 Å². The zero-order chi connectivity index (χ0) is 10.3. The topological polar surface area (TPSA) is 40.5 Å². The molecule has 3 nitrogen and oxygen atoms in total. The molecule has 1 fully saturated rings. The third-order valence-corrected chi connectivity index (χ3v) is 2.56. The molecule has 1 amide bonds. The van der Waals surface area contributed by atoms with Crippen LogP contribution < -0.4 is 0 Å². The maximum Gasteiger partial charge on any atom is 0.228 e. The van der Waals surface area contributed by atoms with Crippen molar-refractivity contribution in [2.45, 2.75) is 39.7 Å². The van der Waals surface area contributed by atoms with Gasteiger partial charge in [0.2, 0.25) is 5.91 Å². The van der Waals surface area contributed by atoms with Crippen LogP contribution in [-0.2, 0) is 4.79 Å². The number of carbonyl (C=O) groups excluding carboxylic acids is 1. The summed E-state index contributed by atoms with van der Waals surface area (Å²) in [5.74, 6) is 0.130. The van der Waals surface area contributed by atoms with Gasteiger partial charge in [0, 0.05) is 5.41 Å². The smallest absolute Gasteiger partial charge is 0.228 e. The Hall–Kier alpha value is -0.570. The Bertz CT molecular complexity index is 211. The fourth-order valence-corrected chi connectivity index (χ4v) is 1.51. The molecule has 0 bridgehead atoms. The summed E-state index contributed by atoms with van der Waals surface area (Å²) in [6, 6.07) is 0. The van der Waals surface area contributed by atoms with Crippen LogP contribution in [0.3, 0.4) is 0 Å². The van der Waals surface area contributed by atoms with Crippen LogP contribution in [0.25, 0.3) is 0 Å². The van der Waals surface area contributed by atoms with Crippen molar-refractivity contribution in [3.05, 3.63) is 0 Å². The Morgan fingerprint density at radius 2 is 1.92 bits per heavy atom. The van der Waals surface area contributed by atoms with E-state index in [-0.39, 0.29) is 11.3 Å². The highest BCUT2D eigenvalue weighted by Crippen LogP contribution is 2.28. The van der Waals surface area contributed by atoms with E-state index in [1.54, 1.807) is 4.90 Å². The molecule has 1 N–H and O–H groups in total. The first kappa shape index (κ1) is 10.5. The Morgan fingerprint density at radius 1 is 1.46 bits per heavy atom. The molecule has 0 unspecified atom stereocenters. The van der Waals surface area contributed by atoms with Gasteiger partial charge in [0.1, 0.15) is 0 Å². The summed E-state index contributed by atoms with van der Waals surface area (Å²) < 4.78 is 0. The third-order valence-electron chi connectivity index (χ3n) is 2.56. The molecule has 0 spiro atoms. The van der Waals surface area contributed by atoms with Gasteiger partial charge in [-0.3, -0.25) is 4.79 Å². The first-order chi connectivity index (χ1) is 5.78. The third kappa shape index (κ3) is 2.02. The molecule has 1 rings (SSSR count). The fourth-order valence-electron chi connectivity index (χ4n) is 1.51. The zero-order valence-corrected chi connectivity index (χ0v) is 8.92. The quantitative estimate of drug-likeness (QED) is 0.662. The minimum atomic E-state index is -0.610. The Balaban J connectivity index is 2.49. The largest absolute Gasteiger partial charge is 0.386 e. The number of hydrogen-bond donors (Lipinski definition) is 1. The van der Waals surface area contributed by atoms with Crippen LogP contribution >= 0.6 is 0 Å². The molecular weight excluding hydrogens is 166 g/mol. The maximum atomic E-state index is 11.7. The van der Waals surface area contributed by atoms with Crippen LogP contribution in [0.4, 0.5) is 0 Å². The van der Waals surface area contributed by atoms with Crippen molar-refractivity contribution >= 4 is 5.91 Å². The highest BCUT2D eigenvalue weighted by atomic mass is 16.3. The zero-order valence-electron chi connectivity index (χ0n) is 8.92. The summed E-state index contributed by atoms with van der Waals surface area (Å²) in [4.78, 5) is 13.4. The number of β-amino-alcohol motifs (C(OH)–C–C–N with tert-alkyl or cyclic N) is 1. The van der Waals surface area contributed by atoms with Crippen LogP contribution in [0, 0.1) is 5.41 Å². The summed E-state index contributed by atoms with van der Waals surface area (Å²) >= 11 is 0. The molecule has 0 radical (unpaired) electrons. The van der Waals surface area contributed by atoms with E-state index >= 15 is 0 Å².